The number of ether oxygens (including phenoxy) is 1. The molecule has 1 aromatic carbocycles. The molecule has 0 saturated carbocycles. The number of hydrogen-bond donors (Lipinski definition) is 1. The number of imidazole rings is 1. The smallest absolute Gasteiger partial charge is 0.490 e. The first-order valence-corrected chi connectivity index (χ1v) is 8.25. The quantitative estimate of drug-likeness (QED) is 0.889. The minimum atomic E-state index is -5.52. The fraction of sp³-hybridized carbons (Fsp3) is 0.308. The predicted molar refractivity (Wildman–Crippen MR) is 78.8 cm³/mol. The van der Waals surface area contributed by atoms with Crippen molar-refractivity contribution >= 4 is 15.7 Å². The number of rotatable bonds is 3. The lowest BCUT2D eigenvalue weighted by atomic mass is 10.2. The van der Waals surface area contributed by atoms with Gasteiger partial charge in [0.1, 0.15) is 24.8 Å². The third-order valence-electron chi connectivity index (χ3n) is 3.55. The Bertz CT molecular complexity index is 850. The third kappa shape index (κ3) is 2.69. The number of anilines is 1. The summed E-state index contributed by atoms with van der Waals surface area (Å²) in [4.78, 5) is 5.41. The monoisotopic (exact) mass is 362 g/mol. The van der Waals surface area contributed by atoms with Gasteiger partial charge in [-0.05, 0) is 12.1 Å². The molecule has 7 nitrogen and oxygen atoms in total. The number of benzene rings is 1. The fourth-order valence-electron chi connectivity index (χ4n) is 2.36. The molecule has 0 spiro atoms. The van der Waals surface area contributed by atoms with Gasteiger partial charge in [-0.3, -0.25) is 0 Å². The van der Waals surface area contributed by atoms with E-state index < -0.39 is 21.7 Å². The molecular weight excluding hydrogens is 349 g/mol. The van der Waals surface area contributed by atoms with Crippen molar-refractivity contribution in [2.75, 3.05) is 18.1 Å². The van der Waals surface area contributed by atoms with E-state index >= 15 is 0 Å². The number of alkyl halides is 3. The van der Waals surface area contributed by atoms with Crippen molar-refractivity contribution in [1.82, 2.24) is 8.96 Å². The average molecular weight is 362 g/mol. The average Bonchev–Trinajstić information content (AvgIpc) is 3.03. The van der Waals surface area contributed by atoms with Crippen LogP contribution >= 0.6 is 0 Å². The first kappa shape index (κ1) is 16.6. The van der Waals surface area contributed by atoms with Crippen molar-refractivity contribution in [3.63, 3.8) is 0 Å². The van der Waals surface area contributed by atoms with E-state index in [4.69, 9.17) is 10.5 Å². The summed E-state index contributed by atoms with van der Waals surface area (Å²) in [6.45, 7) is 0.726. The molecule has 1 aromatic heterocycles. The minimum Gasteiger partial charge on any atom is -0.490 e. The molecule has 3 rings (SSSR count). The number of aromatic nitrogens is 2. The molecule has 0 saturated heterocycles. The predicted octanol–water partition coefficient (Wildman–Crippen LogP) is 1.44. The lowest BCUT2D eigenvalue weighted by Gasteiger charge is -2.34. The lowest BCUT2D eigenvalue weighted by Crippen LogP contribution is -2.40. The van der Waals surface area contributed by atoms with Crippen LogP contribution in [0, 0.1) is 0 Å². The van der Waals surface area contributed by atoms with Crippen molar-refractivity contribution in [3.05, 3.63) is 42.5 Å². The molecule has 1 aliphatic heterocycles. The highest BCUT2D eigenvalue weighted by Gasteiger charge is 2.47. The van der Waals surface area contributed by atoms with E-state index in [2.05, 4.69) is 4.98 Å². The number of nitrogens with zero attached hydrogens (tertiary/aromatic N) is 3. The molecule has 0 radical (unpaired) electrons. The Balaban J connectivity index is 1.92. The van der Waals surface area contributed by atoms with Gasteiger partial charge in [0.25, 0.3) is 0 Å². The van der Waals surface area contributed by atoms with Gasteiger partial charge in [-0.25, -0.2) is 8.96 Å². The van der Waals surface area contributed by atoms with Crippen LogP contribution < -0.4 is 15.4 Å². The summed E-state index contributed by atoms with van der Waals surface area (Å²) >= 11 is 0. The maximum Gasteiger partial charge on any atom is 0.517 e. The van der Waals surface area contributed by atoms with Gasteiger partial charge in [-0.1, -0.05) is 12.1 Å². The molecule has 130 valence electrons. The van der Waals surface area contributed by atoms with Gasteiger partial charge in [-0.15, -0.1) is 0 Å². The number of hydrogen-bond acceptors (Lipinski definition) is 6. The second-order valence-electron chi connectivity index (χ2n) is 5.03. The van der Waals surface area contributed by atoms with Crippen LogP contribution in [0.5, 0.6) is 5.75 Å². The van der Waals surface area contributed by atoms with Gasteiger partial charge in [0.2, 0.25) is 0 Å². The van der Waals surface area contributed by atoms with Gasteiger partial charge in [0.05, 0.1) is 17.9 Å². The molecule has 11 heteroatoms. The zero-order chi connectivity index (χ0) is 17.5. The van der Waals surface area contributed by atoms with E-state index in [1.54, 1.807) is 29.2 Å². The summed E-state index contributed by atoms with van der Waals surface area (Å²) in [5, 5.41) is 0. The van der Waals surface area contributed by atoms with E-state index in [-0.39, 0.29) is 9.67 Å². The van der Waals surface area contributed by atoms with Crippen molar-refractivity contribution < 1.29 is 26.3 Å². The van der Waals surface area contributed by atoms with Crippen molar-refractivity contribution in [1.29, 1.82) is 0 Å². The third-order valence-corrected chi connectivity index (χ3v) is 4.89. The number of halogens is 3. The summed E-state index contributed by atoms with van der Waals surface area (Å²) in [6, 6.07) is 7.02. The highest BCUT2D eigenvalue weighted by Crippen LogP contribution is 2.35. The van der Waals surface area contributed by atoms with Crippen LogP contribution in [0.3, 0.4) is 0 Å². The largest absolute Gasteiger partial charge is 0.517 e. The SMILES string of the molecule is NC(c1cn(S(=O)(=O)C(F)(F)F)cn1)N1CCOc2ccccc21. The topological polar surface area (TPSA) is 90.5 Å². The molecule has 2 heterocycles. The normalized spacial score (nSPS) is 16.4. The van der Waals surface area contributed by atoms with E-state index in [0.717, 1.165) is 6.20 Å². The number of para-hydroxylation sites is 2. The highest BCUT2D eigenvalue weighted by atomic mass is 32.2. The van der Waals surface area contributed by atoms with Gasteiger partial charge >= 0.3 is 15.5 Å². The molecule has 0 aliphatic carbocycles. The van der Waals surface area contributed by atoms with E-state index in [1.807, 2.05) is 0 Å². The van der Waals surface area contributed by atoms with Gasteiger partial charge in [0.15, 0.2) is 0 Å². The van der Waals surface area contributed by atoms with Gasteiger partial charge in [-0.2, -0.15) is 21.6 Å². The van der Waals surface area contributed by atoms with E-state index in [1.165, 1.54) is 0 Å². The molecule has 2 aromatic rings. The van der Waals surface area contributed by atoms with Gasteiger partial charge < -0.3 is 15.4 Å². The van der Waals surface area contributed by atoms with Crippen molar-refractivity contribution in [2.45, 2.75) is 11.7 Å². The Morgan fingerprint density at radius 3 is 2.71 bits per heavy atom. The Labute approximate surface area is 135 Å². The minimum absolute atomic E-state index is 0.000437. The molecular formula is C13H13F3N4O3S. The zero-order valence-corrected chi connectivity index (χ0v) is 13.0. The Morgan fingerprint density at radius 2 is 2.00 bits per heavy atom. The summed E-state index contributed by atoms with van der Waals surface area (Å²) in [6.07, 6.45) is 0.440. The molecule has 0 bridgehead atoms. The molecule has 2 N–H and O–H groups in total. The van der Waals surface area contributed by atoms with E-state index in [9.17, 15) is 21.6 Å². The van der Waals surface area contributed by atoms with Crippen LogP contribution in [-0.2, 0) is 10.0 Å². The standard InChI is InChI=1S/C13H13F3N4O3S/c14-13(15,16)24(21,22)19-7-9(18-8-19)12(17)20-5-6-23-11-4-2-1-3-10(11)20/h1-4,7-8,12H,5-6,17H2. The summed E-state index contributed by atoms with van der Waals surface area (Å²) in [7, 11) is -5.52. The van der Waals surface area contributed by atoms with Crippen LogP contribution in [0.15, 0.2) is 36.8 Å². The summed E-state index contributed by atoms with van der Waals surface area (Å²) in [5.41, 5.74) is 1.31. The maximum atomic E-state index is 12.6. The Hall–Kier alpha value is -2.27. The first-order chi connectivity index (χ1) is 11.2. The van der Waals surface area contributed by atoms with Crippen LogP contribution in [0.2, 0.25) is 0 Å². The molecule has 1 unspecified atom stereocenters. The van der Waals surface area contributed by atoms with Gasteiger partial charge in [0, 0.05) is 6.20 Å². The van der Waals surface area contributed by atoms with Crippen molar-refractivity contribution in [2.24, 2.45) is 5.73 Å². The highest BCUT2D eigenvalue weighted by molar-refractivity contribution is 7.90. The molecule has 0 fully saturated rings. The van der Waals surface area contributed by atoms with Crippen molar-refractivity contribution in [3.8, 4) is 5.75 Å². The number of fused-ring (bicyclic) bond motifs is 1. The zero-order valence-electron chi connectivity index (χ0n) is 12.1. The van der Waals surface area contributed by atoms with Crippen LogP contribution in [-0.4, -0.2) is 36.0 Å². The fourth-order valence-corrected chi connectivity index (χ4v) is 3.02. The summed E-state index contributed by atoms with van der Waals surface area (Å²) in [5.74, 6) is 0.585. The molecule has 0 amide bonds. The Morgan fingerprint density at radius 1 is 1.29 bits per heavy atom. The molecule has 24 heavy (non-hydrogen) atoms. The number of nitrogens with two attached hydrogens (primary N) is 1. The maximum absolute atomic E-state index is 12.6. The second-order valence-corrected chi connectivity index (χ2v) is 6.87. The lowest BCUT2D eigenvalue weighted by molar-refractivity contribution is -0.0446. The van der Waals surface area contributed by atoms with Crippen LogP contribution in [0.25, 0.3) is 0 Å². The second kappa shape index (κ2) is 5.67. The Kier molecular flexibility index (Phi) is 3.92. The molecule has 1 atom stereocenters. The molecule has 1 aliphatic rings. The van der Waals surface area contributed by atoms with Crippen LogP contribution in [0.1, 0.15) is 11.9 Å². The summed E-state index contributed by atoms with van der Waals surface area (Å²) < 4.78 is 66.0. The van der Waals surface area contributed by atoms with Crippen LogP contribution in [0.4, 0.5) is 18.9 Å². The first-order valence-electron chi connectivity index (χ1n) is 6.81. The van der Waals surface area contributed by atoms with E-state index in [0.29, 0.717) is 30.9 Å².